The van der Waals surface area contributed by atoms with Gasteiger partial charge in [0.1, 0.15) is 35.8 Å². The Morgan fingerprint density at radius 2 is 1.86 bits per heavy atom. The number of carbonyl (C=O) groups is 3. The van der Waals surface area contributed by atoms with E-state index in [0.29, 0.717) is 48.6 Å². The molecule has 274 valence electrons. The summed E-state index contributed by atoms with van der Waals surface area (Å²) in [6.45, 7) is 12.1. The van der Waals surface area contributed by atoms with Gasteiger partial charge in [0.15, 0.2) is 5.78 Å². The van der Waals surface area contributed by atoms with E-state index in [1.807, 2.05) is 52.8 Å². The zero-order valence-electron chi connectivity index (χ0n) is 30.6. The molecule has 2 amide bonds. The predicted molar refractivity (Wildman–Crippen MR) is 191 cm³/mol. The van der Waals surface area contributed by atoms with E-state index in [9.17, 15) is 14.4 Å². The second-order valence-electron chi connectivity index (χ2n) is 15.5. The van der Waals surface area contributed by atoms with Gasteiger partial charge in [-0.25, -0.2) is 24.7 Å². The summed E-state index contributed by atoms with van der Waals surface area (Å²) < 4.78 is 18.6. The number of hydrogen-bond donors (Lipinski definition) is 2. The van der Waals surface area contributed by atoms with Gasteiger partial charge in [-0.2, -0.15) is 0 Å². The minimum absolute atomic E-state index is 0.146. The molecule has 2 aromatic heterocycles. The highest BCUT2D eigenvalue weighted by molar-refractivity contribution is 5.92. The fourth-order valence-corrected chi connectivity index (χ4v) is 7.36. The van der Waals surface area contributed by atoms with Crippen LogP contribution < -0.4 is 20.1 Å². The first-order valence-electron chi connectivity index (χ1n) is 18.2. The van der Waals surface area contributed by atoms with Crippen LogP contribution in [0.25, 0.3) is 11.0 Å². The lowest BCUT2D eigenvalue weighted by molar-refractivity contribution is -0.141. The standard InChI is InChI=1S/C38H51N7O6/c1-23-30-22-45(31(23)24(2)46)34(47)32(37(3,4)5)44-36(48)51-38(6)21-25(38)12-9-7-8-10-13-28-33(50-30)43-29-20-26(14-15-27(29)42-28)49-19-18-41-35-39-16-11-17-40-35/h11,14-17,20,23,25,30-32H,7-10,12-13,18-19,21-22H2,1-6H3,(H,44,48)(H,39,40,41)/t23-,25-,30+,31+,32-,38-/m1/s1. The SMILES string of the molecule is CC(=O)[C@@H]1[C@H](C)[C@@H]2CN1C(=O)[C@H](C(C)(C)C)NC(=O)O[C@]1(C)C[C@H]1CCCCCCc1nc3ccc(OCCNc4ncccn4)cc3nc1O2. The van der Waals surface area contributed by atoms with E-state index in [1.54, 1.807) is 23.4 Å². The van der Waals surface area contributed by atoms with E-state index in [2.05, 4.69) is 20.6 Å². The molecule has 1 aromatic carbocycles. The summed E-state index contributed by atoms with van der Waals surface area (Å²) in [6, 6.07) is 5.75. The Morgan fingerprint density at radius 3 is 2.61 bits per heavy atom. The Bertz CT molecular complexity index is 1730. The molecule has 0 spiro atoms. The molecule has 6 atom stereocenters. The average molecular weight is 702 g/mol. The van der Waals surface area contributed by atoms with Crippen LogP contribution in [-0.2, 0) is 20.7 Å². The maximum Gasteiger partial charge on any atom is 0.408 e. The summed E-state index contributed by atoms with van der Waals surface area (Å²) in [6.07, 6.45) is 8.70. The maximum atomic E-state index is 14.3. The number of hydrogen-bond acceptors (Lipinski definition) is 11. The summed E-state index contributed by atoms with van der Waals surface area (Å²) in [5, 5.41) is 6.01. The Balaban J connectivity index is 1.27. The Morgan fingerprint density at radius 1 is 1.10 bits per heavy atom. The second kappa shape index (κ2) is 15.0. The highest BCUT2D eigenvalue weighted by atomic mass is 16.6. The number of ketones is 1. The van der Waals surface area contributed by atoms with E-state index in [-0.39, 0.29) is 24.2 Å². The van der Waals surface area contributed by atoms with Gasteiger partial charge in [0.05, 0.1) is 30.2 Å². The lowest BCUT2D eigenvalue weighted by atomic mass is 9.85. The third kappa shape index (κ3) is 8.50. The van der Waals surface area contributed by atoms with E-state index >= 15 is 0 Å². The van der Waals surface area contributed by atoms with Crippen LogP contribution in [0.4, 0.5) is 10.7 Å². The summed E-state index contributed by atoms with van der Waals surface area (Å²) in [7, 11) is 0. The molecule has 2 aliphatic heterocycles. The van der Waals surface area contributed by atoms with Crippen LogP contribution in [0.5, 0.6) is 11.6 Å². The largest absolute Gasteiger partial charge is 0.492 e. The van der Waals surface area contributed by atoms with Gasteiger partial charge in [0.2, 0.25) is 17.7 Å². The molecule has 13 heteroatoms. The third-order valence-corrected chi connectivity index (χ3v) is 10.4. The van der Waals surface area contributed by atoms with Crippen LogP contribution in [-0.4, -0.2) is 86.1 Å². The first-order chi connectivity index (χ1) is 24.3. The monoisotopic (exact) mass is 701 g/mol. The van der Waals surface area contributed by atoms with E-state index in [1.165, 1.54) is 6.92 Å². The molecule has 2 N–H and O–H groups in total. The van der Waals surface area contributed by atoms with Gasteiger partial charge in [-0.3, -0.25) is 9.59 Å². The van der Waals surface area contributed by atoms with Crippen molar-refractivity contribution in [1.29, 1.82) is 0 Å². The number of benzene rings is 1. The number of aromatic nitrogens is 4. The molecule has 6 rings (SSSR count). The van der Waals surface area contributed by atoms with E-state index < -0.39 is 35.3 Å². The summed E-state index contributed by atoms with van der Waals surface area (Å²) >= 11 is 0. The molecule has 1 saturated carbocycles. The fourth-order valence-electron chi connectivity index (χ4n) is 7.36. The van der Waals surface area contributed by atoms with Gasteiger partial charge in [-0.15, -0.1) is 0 Å². The highest BCUT2D eigenvalue weighted by Gasteiger charge is 2.54. The van der Waals surface area contributed by atoms with Gasteiger partial charge in [-0.1, -0.05) is 47.0 Å². The first-order valence-corrected chi connectivity index (χ1v) is 18.2. The van der Waals surface area contributed by atoms with Crippen LogP contribution in [0.3, 0.4) is 0 Å². The van der Waals surface area contributed by atoms with Crippen LogP contribution in [0.1, 0.15) is 85.8 Å². The lowest BCUT2D eigenvalue weighted by Gasteiger charge is -2.35. The number of amides is 2. The van der Waals surface area contributed by atoms with Crippen molar-refractivity contribution in [3.05, 3.63) is 42.4 Å². The number of alkyl carbamates (subject to hydrolysis) is 1. The summed E-state index contributed by atoms with van der Waals surface area (Å²) in [5.74, 6) is 1.04. The highest BCUT2D eigenvalue weighted by Crippen LogP contribution is 2.49. The zero-order valence-corrected chi connectivity index (χ0v) is 30.6. The Kier molecular flexibility index (Phi) is 10.6. The van der Waals surface area contributed by atoms with Crippen molar-refractivity contribution >= 4 is 34.8 Å². The number of fused-ring (bicyclic) bond motifs is 5. The zero-order chi connectivity index (χ0) is 36.3. The molecule has 3 aliphatic rings. The first kappa shape index (κ1) is 36.2. The van der Waals surface area contributed by atoms with Crippen molar-refractivity contribution < 1.29 is 28.6 Å². The van der Waals surface area contributed by atoms with Gasteiger partial charge < -0.3 is 29.7 Å². The van der Waals surface area contributed by atoms with Crippen molar-refractivity contribution in [1.82, 2.24) is 30.2 Å². The van der Waals surface area contributed by atoms with Crippen molar-refractivity contribution in [2.45, 2.75) is 110 Å². The number of aryl methyl sites for hydroxylation is 1. The normalized spacial score (nSPS) is 27.4. The van der Waals surface area contributed by atoms with Crippen molar-refractivity contribution in [2.75, 3.05) is 25.0 Å². The predicted octanol–water partition coefficient (Wildman–Crippen LogP) is 5.52. The number of ether oxygens (including phenoxy) is 3. The van der Waals surface area contributed by atoms with Crippen molar-refractivity contribution in [3.8, 4) is 11.6 Å². The van der Waals surface area contributed by atoms with Crippen LogP contribution in [0.2, 0.25) is 0 Å². The number of nitrogens with zero attached hydrogens (tertiary/aromatic N) is 5. The van der Waals surface area contributed by atoms with Gasteiger partial charge >= 0.3 is 6.09 Å². The maximum absolute atomic E-state index is 14.3. The Hall–Kier alpha value is -4.55. The van der Waals surface area contributed by atoms with Crippen molar-refractivity contribution in [2.24, 2.45) is 17.3 Å². The molecule has 0 radical (unpaired) electrons. The average Bonchev–Trinajstić information content (AvgIpc) is 3.59. The van der Waals surface area contributed by atoms with Crippen LogP contribution in [0.15, 0.2) is 36.7 Å². The minimum atomic E-state index is -0.912. The van der Waals surface area contributed by atoms with E-state index in [0.717, 1.165) is 49.7 Å². The number of anilines is 1. The van der Waals surface area contributed by atoms with Gasteiger partial charge in [-0.05, 0) is 63.1 Å². The molecule has 13 nitrogen and oxygen atoms in total. The van der Waals surface area contributed by atoms with Crippen LogP contribution in [0, 0.1) is 17.3 Å². The smallest absolute Gasteiger partial charge is 0.408 e. The number of carbonyl (C=O) groups excluding carboxylic acids is 3. The molecular weight excluding hydrogens is 650 g/mol. The molecule has 2 bridgehead atoms. The second-order valence-corrected chi connectivity index (χ2v) is 15.5. The molecule has 51 heavy (non-hydrogen) atoms. The summed E-state index contributed by atoms with van der Waals surface area (Å²) in [5.41, 5.74) is 0.920. The van der Waals surface area contributed by atoms with E-state index in [4.69, 9.17) is 24.2 Å². The number of rotatable bonds is 6. The fraction of sp³-hybridized carbons (Fsp3) is 0.605. The molecule has 1 saturated heterocycles. The Labute approximate surface area is 299 Å². The molecular formula is C38H51N7O6. The minimum Gasteiger partial charge on any atom is -0.492 e. The third-order valence-electron chi connectivity index (χ3n) is 10.4. The quantitative estimate of drug-likeness (QED) is 0.312. The number of nitrogens with one attached hydrogen (secondary N) is 2. The molecule has 2 fully saturated rings. The number of Topliss-reactive ketones (excluding diaryl/α,β-unsaturated/α-hetero) is 1. The topological polar surface area (TPSA) is 158 Å². The van der Waals surface area contributed by atoms with Gasteiger partial charge in [0.25, 0.3) is 0 Å². The molecule has 1 aliphatic carbocycles. The van der Waals surface area contributed by atoms with Crippen LogP contribution >= 0.6 is 0 Å². The molecule has 4 heterocycles. The molecule has 3 aromatic rings. The molecule has 0 unspecified atom stereocenters. The lowest BCUT2D eigenvalue weighted by Crippen LogP contribution is -2.57. The summed E-state index contributed by atoms with van der Waals surface area (Å²) in [4.78, 5) is 60.5. The van der Waals surface area contributed by atoms with Crippen molar-refractivity contribution in [3.63, 3.8) is 0 Å². The van der Waals surface area contributed by atoms with Gasteiger partial charge in [0, 0.05) is 30.3 Å².